The molecule has 2 N–H and O–H groups in total. The smallest absolute Gasteiger partial charge is 0.0356 e. The Morgan fingerprint density at radius 1 is 1.00 bits per heavy atom. The average molecular weight is 271 g/mol. The second kappa shape index (κ2) is 6.78. The molecule has 0 amide bonds. The molecular formula is C17H21NS. The molecule has 1 nitrogen and oxygen atoms in total. The van der Waals surface area contributed by atoms with Gasteiger partial charge in [-0.05, 0) is 55.6 Å². The van der Waals surface area contributed by atoms with Crippen molar-refractivity contribution in [2.75, 3.05) is 6.54 Å². The molecule has 0 saturated heterocycles. The first-order valence-electron chi connectivity index (χ1n) is 6.69. The van der Waals surface area contributed by atoms with Crippen molar-refractivity contribution < 1.29 is 0 Å². The molecule has 0 bridgehead atoms. The highest BCUT2D eigenvalue weighted by Gasteiger charge is 2.12. The van der Waals surface area contributed by atoms with Gasteiger partial charge < -0.3 is 5.73 Å². The Labute approximate surface area is 120 Å². The molecule has 100 valence electrons. The second-order valence-corrected chi connectivity index (χ2v) is 6.12. The van der Waals surface area contributed by atoms with Crippen molar-refractivity contribution in [1.82, 2.24) is 0 Å². The van der Waals surface area contributed by atoms with Gasteiger partial charge in [-0.2, -0.15) is 0 Å². The lowest BCUT2D eigenvalue weighted by Crippen LogP contribution is -2.04. The van der Waals surface area contributed by atoms with Gasteiger partial charge in [-0.25, -0.2) is 0 Å². The summed E-state index contributed by atoms with van der Waals surface area (Å²) in [6, 6.07) is 17.3. The largest absolute Gasteiger partial charge is 0.330 e. The third-order valence-electron chi connectivity index (χ3n) is 3.36. The molecule has 1 unspecified atom stereocenters. The fourth-order valence-electron chi connectivity index (χ4n) is 2.06. The van der Waals surface area contributed by atoms with Crippen LogP contribution in [0.2, 0.25) is 0 Å². The highest BCUT2D eigenvalue weighted by Crippen LogP contribution is 2.37. The van der Waals surface area contributed by atoms with E-state index in [-0.39, 0.29) is 0 Å². The van der Waals surface area contributed by atoms with Crippen LogP contribution in [0, 0.1) is 13.8 Å². The maximum absolute atomic E-state index is 5.76. The van der Waals surface area contributed by atoms with Crippen LogP contribution in [0.25, 0.3) is 0 Å². The zero-order valence-electron chi connectivity index (χ0n) is 11.6. The molecule has 0 aliphatic carbocycles. The summed E-state index contributed by atoms with van der Waals surface area (Å²) in [5.74, 6) is 0. The Balaban J connectivity index is 2.19. The Hall–Kier alpha value is -1.25. The topological polar surface area (TPSA) is 26.0 Å². The molecule has 0 saturated carbocycles. The van der Waals surface area contributed by atoms with Crippen molar-refractivity contribution in [3.8, 4) is 0 Å². The van der Waals surface area contributed by atoms with Gasteiger partial charge >= 0.3 is 0 Å². The molecule has 0 aliphatic heterocycles. The van der Waals surface area contributed by atoms with E-state index in [9.17, 15) is 0 Å². The molecule has 0 aliphatic rings. The molecule has 2 heteroatoms. The number of hydrogen-bond acceptors (Lipinski definition) is 2. The van der Waals surface area contributed by atoms with Crippen LogP contribution in [0.15, 0.2) is 53.4 Å². The quantitative estimate of drug-likeness (QED) is 0.811. The summed E-state index contributed by atoms with van der Waals surface area (Å²) in [6.45, 7) is 5.04. The van der Waals surface area contributed by atoms with Crippen LogP contribution in [0.3, 0.4) is 0 Å². The van der Waals surface area contributed by atoms with E-state index in [1.54, 1.807) is 0 Å². The second-order valence-electron chi connectivity index (χ2n) is 4.84. The van der Waals surface area contributed by atoms with E-state index in [2.05, 4.69) is 62.4 Å². The molecular weight excluding hydrogens is 250 g/mol. The summed E-state index contributed by atoms with van der Waals surface area (Å²) >= 11 is 1.91. The van der Waals surface area contributed by atoms with Crippen LogP contribution < -0.4 is 5.73 Å². The molecule has 2 aromatic rings. The lowest BCUT2D eigenvalue weighted by Gasteiger charge is -2.17. The zero-order valence-corrected chi connectivity index (χ0v) is 12.4. The monoisotopic (exact) mass is 271 g/mol. The third kappa shape index (κ3) is 3.85. The molecule has 0 heterocycles. The zero-order chi connectivity index (χ0) is 13.7. The minimum absolute atomic E-state index is 0.438. The van der Waals surface area contributed by atoms with E-state index < -0.39 is 0 Å². The molecule has 19 heavy (non-hydrogen) atoms. The Kier molecular flexibility index (Phi) is 5.06. The predicted molar refractivity (Wildman–Crippen MR) is 84.6 cm³/mol. The van der Waals surface area contributed by atoms with Gasteiger partial charge in [0, 0.05) is 10.1 Å². The van der Waals surface area contributed by atoms with E-state index >= 15 is 0 Å². The third-order valence-corrected chi connectivity index (χ3v) is 4.68. The Morgan fingerprint density at radius 3 is 2.37 bits per heavy atom. The van der Waals surface area contributed by atoms with Gasteiger partial charge in [-0.1, -0.05) is 36.4 Å². The fourth-order valence-corrected chi connectivity index (χ4v) is 3.33. The lowest BCUT2D eigenvalue weighted by atomic mass is 10.1. The maximum atomic E-state index is 5.76. The first-order chi connectivity index (χ1) is 9.20. The molecule has 0 aromatic heterocycles. The van der Waals surface area contributed by atoms with Crippen molar-refractivity contribution in [2.24, 2.45) is 5.73 Å². The Morgan fingerprint density at radius 2 is 1.74 bits per heavy atom. The van der Waals surface area contributed by atoms with Gasteiger partial charge in [0.25, 0.3) is 0 Å². The highest BCUT2D eigenvalue weighted by atomic mass is 32.2. The van der Waals surface area contributed by atoms with Crippen LogP contribution in [-0.2, 0) is 0 Å². The van der Waals surface area contributed by atoms with E-state index in [0.29, 0.717) is 5.25 Å². The number of rotatable bonds is 5. The highest BCUT2D eigenvalue weighted by molar-refractivity contribution is 7.99. The summed E-state index contributed by atoms with van der Waals surface area (Å²) in [4.78, 5) is 1.32. The normalized spacial score (nSPS) is 12.4. The average Bonchev–Trinajstić information content (AvgIpc) is 2.43. The first kappa shape index (κ1) is 14.2. The van der Waals surface area contributed by atoms with E-state index in [4.69, 9.17) is 5.73 Å². The first-order valence-corrected chi connectivity index (χ1v) is 7.57. The van der Waals surface area contributed by atoms with Crippen LogP contribution >= 0.6 is 11.8 Å². The van der Waals surface area contributed by atoms with E-state index in [1.165, 1.54) is 21.6 Å². The molecule has 0 fully saturated rings. The van der Waals surface area contributed by atoms with Crippen LogP contribution in [-0.4, -0.2) is 6.54 Å². The number of aryl methyl sites for hydroxylation is 2. The summed E-state index contributed by atoms with van der Waals surface area (Å²) in [6.07, 6.45) is 1.00. The Bertz CT molecular complexity index is 522. The van der Waals surface area contributed by atoms with Crippen LogP contribution in [0.5, 0.6) is 0 Å². The SMILES string of the molecule is Cc1ccc(SC(CCN)c2ccccc2)cc1C. The maximum Gasteiger partial charge on any atom is 0.0356 e. The summed E-state index contributed by atoms with van der Waals surface area (Å²) in [5, 5.41) is 0.438. The van der Waals surface area contributed by atoms with Gasteiger partial charge in [0.2, 0.25) is 0 Å². The van der Waals surface area contributed by atoms with Crippen molar-refractivity contribution in [2.45, 2.75) is 30.4 Å². The molecule has 2 aromatic carbocycles. The van der Waals surface area contributed by atoms with Crippen molar-refractivity contribution >= 4 is 11.8 Å². The molecule has 0 radical (unpaired) electrons. The number of hydrogen-bond donors (Lipinski definition) is 1. The van der Waals surface area contributed by atoms with Crippen molar-refractivity contribution in [3.63, 3.8) is 0 Å². The molecule has 2 rings (SSSR count). The van der Waals surface area contributed by atoms with Crippen molar-refractivity contribution in [1.29, 1.82) is 0 Å². The molecule has 0 spiro atoms. The summed E-state index contributed by atoms with van der Waals surface area (Å²) in [5.41, 5.74) is 9.82. The standard InChI is InChI=1S/C17H21NS/c1-13-8-9-16(12-14(13)2)19-17(10-11-18)15-6-4-3-5-7-15/h3-9,12,17H,10-11,18H2,1-2H3. The van der Waals surface area contributed by atoms with Crippen LogP contribution in [0.4, 0.5) is 0 Å². The van der Waals surface area contributed by atoms with Crippen molar-refractivity contribution in [3.05, 3.63) is 65.2 Å². The minimum Gasteiger partial charge on any atom is -0.330 e. The summed E-state index contributed by atoms with van der Waals surface area (Å²) < 4.78 is 0. The van der Waals surface area contributed by atoms with Gasteiger partial charge in [0.05, 0.1) is 0 Å². The lowest BCUT2D eigenvalue weighted by molar-refractivity contribution is 0.814. The van der Waals surface area contributed by atoms with Gasteiger partial charge in [-0.15, -0.1) is 11.8 Å². The van der Waals surface area contributed by atoms with E-state index in [0.717, 1.165) is 13.0 Å². The predicted octanol–water partition coefficient (Wildman–Crippen LogP) is 4.49. The fraction of sp³-hybridized carbons (Fsp3) is 0.294. The van der Waals surface area contributed by atoms with E-state index in [1.807, 2.05) is 11.8 Å². The van der Waals surface area contributed by atoms with Gasteiger partial charge in [-0.3, -0.25) is 0 Å². The van der Waals surface area contributed by atoms with Gasteiger partial charge in [0.1, 0.15) is 0 Å². The number of thioether (sulfide) groups is 1. The minimum atomic E-state index is 0.438. The van der Waals surface area contributed by atoms with Crippen LogP contribution in [0.1, 0.15) is 28.4 Å². The van der Waals surface area contributed by atoms with Gasteiger partial charge in [0.15, 0.2) is 0 Å². The molecule has 1 atom stereocenters. The summed E-state index contributed by atoms with van der Waals surface area (Å²) in [7, 11) is 0. The number of nitrogens with two attached hydrogens (primary N) is 1. The number of benzene rings is 2.